The maximum Gasteiger partial charge on any atom is 0.0484 e. The number of hydrogen-bond acceptors (Lipinski definition) is 0. The molecule has 1 heteroatoms. The van der Waals surface area contributed by atoms with Crippen molar-refractivity contribution < 1.29 is 0 Å². The quantitative estimate of drug-likeness (QED) is 0.468. The van der Waals surface area contributed by atoms with Crippen LogP contribution in [0.15, 0.2) is 60.7 Å². The largest absolute Gasteiger partial charge is 0.0837 e. The summed E-state index contributed by atoms with van der Waals surface area (Å²) in [5.41, 5.74) is 3.93. The molecule has 0 aromatic heterocycles. The predicted octanol–water partition coefficient (Wildman–Crippen LogP) is 7.21. The highest BCUT2D eigenvalue weighted by Gasteiger charge is 2.19. The van der Waals surface area contributed by atoms with Crippen LogP contribution in [-0.2, 0) is 0 Å². The zero-order chi connectivity index (χ0) is 15.6. The minimum Gasteiger partial charge on any atom is -0.0837 e. The van der Waals surface area contributed by atoms with Crippen molar-refractivity contribution in [1.82, 2.24) is 0 Å². The van der Waals surface area contributed by atoms with Crippen LogP contribution in [0.3, 0.4) is 0 Å². The molecule has 1 fully saturated rings. The first-order valence-electron chi connectivity index (χ1n) is 8.61. The molecule has 0 heterocycles. The third-order valence-electron chi connectivity index (χ3n) is 5.15. The predicted molar refractivity (Wildman–Crippen MR) is 100 cm³/mol. The van der Waals surface area contributed by atoms with Gasteiger partial charge in [-0.15, -0.1) is 0 Å². The van der Waals surface area contributed by atoms with Crippen LogP contribution in [0.1, 0.15) is 43.6 Å². The van der Waals surface area contributed by atoms with Crippen LogP contribution in [0.2, 0.25) is 5.02 Å². The Labute approximate surface area is 143 Å². The van der Waals surface area contributed by atoms with Gasteiger partial charge in [0.25, 0.3) is 0 Å². The Morgan fingerprint density at radius 3 is 2.17 bits per heavy atom. The third kappa shape index (κ3) is 2.77. The van der Waals surface area contributed by atoms with E-state index in [1.807, 2.05) is 12.1 Å². The summed E-state index contributed by atoms with van der Waals surface area (Å²) in [6.07, 6.45) is 6.73. The maximum absolute atomic E-state index is 6.50. The first kappa shape index (κ1) is 14.8. The molecule has 0 spiro atoms. The van der Waals surface area contributed by atoms with Crippen molar-refractivity contribution in [3.8, 4) is 11.1 Å². The fourth-order valence-corrected chi connectivity index (χ4v) is 4.27. The summed E-state index contributed by atoms with van der Waals surface area (Å²) in [5, 5.41) is 3.55. The van der Waals surface area contributed by atoms with Crippen molar-refractivity contribution >= 4 is 22.4 Å². The van der Waals surface area contributed by atoms with Crippen LogP contribution in [-0.4, -0.2) is 0 Å². The summed E-state index contributed by atoms with van der Waals surface area (Å²) in [7, 11) is 0. The Hall–Kier alpha value is -1.79. The smallest absolute Gasteiger partial charge is 0.0484 e. The van der Waals surface area contributed by atoms with Gasteiger partial charge in [0.2, 0.25) is 0 Å². The van der Waals surface area contributed by atoms with E-state index in [0.29, 0.717) is 5.92 Å². The van der Waals surface area contributed by atoms with Gasteiger partial charge in [-0.25, -0.2) is 0 Å². The molecule has 0 unspecified atom stereocenters. The molecule has 3 aromatic rings. The first-order valence-corrected chi connectivity index (χ1v) is 8.99. The molecule has 0 radical (unpaired) electrons. The molecule has 0 N–H and O–H groups in total. The number of fused-ring (bicyclic) bond motifs is 1. The molecule has 116 valence electrons. The Balaban J connectivity index is 1.96. The van der Waals surface area contributed by atoms with E-state index in [-0.39, 0.29) is 0 Å². The van der Waals surface area contributed by atoms with Crippen molar-refractivity contribution in [2.45, 2.75) is 38.0 Å². The van der Waals surface area contributed by atoms with Gasteiger partial charge in [-0.3, -0.25) is 0 Å². The van der Waals surface area contributed by atoms with Crippen LogP contribution < -0.4 is 0 Å². The highest BCUT2D eigenvalue weighted by atomic mass is 35.5. The fourth-order valence-electron chi connectivity index (χ4n) is 4.03. The Morgan fingerprint density at radius 2 is 1.39 bits per heavy atom. The lowest BCUT2D eigenvalue weighted by Gasteiger charge is -2.24. The monoisotopic (exact) mass is 320 g/mol. The number of rotatable bonds is 2. The molecule has 1 aliphatic carbocycles. The van der Waals surface area contributed by atoms with E-state index in [0.717, 1.165) is 10.6 Å². The highest BCUT2D eigenvalue weighted by molar-refractivity contribution is 6.33. The first-order chi connectivity index (χ1) is 11.3. The number of hydrogen-bond donors (Lipinski definition) is 0. The van der Waals surface area contributed by atoms with Gasteiger partial charge in [-0.1, -0.05) is 85.5 Å². The van der Waals surface area contributed by atoms with Gasteiger partial charge < -0.3 is 0 Å². The summed E-state index contributed by atoms with van der Waals surface area (Å²) in [4.78, 5) is 0. The zero-order valence-electron chi connectivity index (χ0n) is 13.3. The molecule has 0 amide bonds. The topological polar surface area (TPSA) is 0 Å². The van der Waals surface area contributed by atoms with E-state index in [1.165, 1.54) is 54.0 Å². The van der Waals surface area contributed by atoms with Gasteiger partial charge in [-0.05, 0) is 46.7 Å². The summed E-state index contributed by atoms with van der Waals surface area (Å²) in [6.45, 7) is 0. The SMILES string of the molecule is Clc1ccccc1-c1cccc2cccc(C3CCCCC3)c12. The van der Waals surface area contributed by atoms with Crippen molar-refractivity contribution in [1.29, 1.82) is 0 Å². The standard InChI is InChI=1S/C22H21Cl/c23-21-15-5-4-12-19(21)20-14-7-11-17-10-6-13-18(22(17)20)16-8-2-1-3-9-16/h4-7,10-16H,1-3,8-9H2. The second-order valence-electron chi connectivity index (χ2n) is 6.57. The second kappa shape index (κ2) is 6.37. The van der Waals surface area contributed by atoms with Crippen LogP contribution in [0.5, 0.6) is 0 Å². The van der Waals surface area contributed by atoms with Crippen molar-refractivity contribution in [2.75, 3.05) is 0 Å². The van der Waals surface area contributed by atoms with Crippen molar-refractivity contribution in [3.63, 3.8) is 0 Å². The molecular weight excluding hydrogens is 300 g/mol. The molecule has 0 atom stereocenters. The molecule has 1 saturated carbocycles. The van der Waals surface area contributed by atoms with Gasteiger partial charge in [0.1, 0.15) is 0 Å². The van der Waals surface area contributed by atoms with E-state index < -0.39 is 0 Å². The summed E-state index contributed by atoms with van der Waals surface area (Å²) in [6, 6.07) is 21.5. The Morgan fingerprint density at radius 1 is 0.696 bits per heavy atom. The van der Waals surface area contributed by atoms with Gasteiger partial charge >= 0.3 is 0 Å². The average molecular weight is 321 g/mol. The van der Waals surface area contributed by atoms with Crippen LogP contribution in [0, 0.1) is 0 Å². The van der Waals surface area contributed by atoms with Gasteiger partial charge in [0, 0.05) is 10.6 Å². The molecular formula is C22H21Cl. The van der Waals surface area contributed by atoms with Crippen molar-refractivity contribution in [3.05, 3.63) is 71.2 Å². The van der Waals surface area contributed by atoms with Crippen molar-refractivity contribution in [2.24, 2.45) is 0 Å². The molecule has 23 heavy (non-hydrogen) atoms. The normalized spacial score (nSPS) is 15.9. The highest BCUT2D eigenvalue weighted by Crippen LogP contribution is 2.41. The minimum atomic E-state index is 0.691. The molecule has 1 aliphatic rings. The molecule has 4 rings (SSSR count). The molecule has 0 aliphatic heterocycles. The maximum atomic E-state index is 6.50. The summed E-state index contributed by atoms with van der Waals surface area (Å²) < 4.78 is 0. The summed E-state index contributed by atoms with van der Waals surface area (Å²) >= 11 is 6.50. The lowest BCUT2D eigenvalue weighted by atomic mass is 9.80. The lowest BCUT2D eigenvalue weighted by Crippen LogP contribution is -2.05. The Bertz CT molecular complexity index is 823. The second-order valence-corrected chi connectivity index (χ2v) is 6.97. The molecule has 3 aromatic carbocycles. The van der Waals surface area contributed by atoms with E-state index in [9.17, 15) is 0 Å². The van der Waals surface area contributed by atoms with E-state index in [1.54, 1.807) is 0 Å². The third-order valence-corrected chi connectivity index (χ3v) is 5.48. The Kier molecular flexibility index (Phi) is 4.10. The zero-order valence-corrected chi connectivity index (χ0v) is 14.0. The van der Waals surface area contributed by atoms with E-state index in [2.05, 4.69) is 48.5 Å². The van der Waals surface area contributed by atoms with Gasteiger partial charge in [-0.2, -0.15) is 0 Å². The van der Waals surface area contributed by atoms with Crippen LogP contribution >= 0.6 is 11.6 Å². The molecule has 0 bridgehead atoms. The average Bonchev–Trinajstić information content (AvgIpc) is 2.62. The fraction of sp³-hybridized carbons (Fsp3) is 0.273. The molecule has 0 nitrogen and oxygen atoms in total. The van der Waals surface area contributed by atoms with Crippen LogP contribution in [0.4, 0.5) is 0 Å². The lowest BCUT2D eigenvalue weighted by molar-refractivity contribution is 0.445. The molecule has 0 saturated heterocycles. The minimum absolute atomic E-state index is 0.691. The van der Waals surface area contributed by atoms with Crippen LogP contribution in [0.25, 0.3) is 21.9 Å². The van der Waals surface area contributed by atoms with Gasteiger partial charge in [0.05, 0.1) is 0 Å². The summed E-state index contributed by atoms with van der Waals surface area (Å²) in [5.74, 6) is 0.691. The number of benzene rings is 3. The van der Waals surface area contributed by atoms with E-state index in [4.69, 9.17) is 11.6 Å². The van der Waals surface area contributed by atoms with E-state index >= 15 is 0 Å². The number of halogens is 1. The van der Waals surface area contributed by atoms with Gasteiger partial charge in [0.15, 0.2) is 0 Å².